The Balaban J connectivity index is 2.00. The van der Waals surface area contributed by atoms with Gasteiger partial charge in [0.1, 0.15) is 11.4 Å². The molecule has 1 amide bonds. The Bertz CT molecular complexity index is 681. The Morgan fingerprint density at radius 2 is 2.04 bits per heavy atom. The molecular formula is C17H18BrFN2O3. The van der Waals surface area contributed by atoms with Gasteiger partial charge in [-0.15, -0.1) is 0 Å². The first-order valence-corrected chi connectivity index (χ1v) is 8.55. The second kappa shape index (κ2) is 7.75. The molecular weight excluding hydrogens is 379 g/mol. The summed E-state index contributed by atoms with van der Waals surface area (Å²) in [6.07, 6.45) is 2.81. The zero-order chi connectivity index (χ0) is 17.7. The van der Waals surface area contributed by atoms with Gasteiger partial charge in [0.15, 0.2) is 6.10 Å². The maximum absolute atomic E-state index is 13.8. The Morgan fingerprint density at radius 3 is 2.62 bits per heavy atom. The molecule has 0 heterocycles. The molecule has 1 aromatic carbocycles. The highest BCUT2D eigenvalue weighted by Gasteiger charge is 2.35. The second-order valence-corrected chi connectivity index (χ2v) is 6.83. The number of nitrogens with one attached hydrogen (secondary N) is 1. The molecule has 0 saturated heterocycles. The van der Waals surface area contributed by atoms with Gasteiger partial charge in [-0.25, -0.2) is 9.18 Å². The number of amides is 1. The van der Waals surface area contributed by atoms with Crippen LogP contribution in [-0.2, 0) is 9.53 Å². The molecule has 24 heavy (non-hydrogen) atoms. The van der Waals surface area contributed by atoms with Gasteiger partial charge in [-0.05, 0) is 38.0 Å². The van der Waals surface area contributed by atoms with Crippen LogP contribution in [0.2, 0.25) is 0 Å². The molecule has 7 heteroatoms. The number of ether oxygens (including phenoxy) is 1. The summed E-state index contributed by atoms with van der Waals surface area (Å²) in [7, 11) is 0. The predicted molar refractivity (Wildman–Crippen MR) is 88.5 cm³/mol. The average Bonchev–Trinajstić information content (AvgIpc) is 2.55. The van der Waals surface area contributed by atoms with Crippen LogP contribution in [0.5, 0.6) is 0 Å². The number of nitrogens with zero attached hydrogens (tertiary/aromatic N) is 1. The summed E-state index contributed by atoms with van der Waals surface area (Å²) in [6, 6.07) is 6.11. The Kier molecular flexibility index (Phi) is 5.94. The van der Waals surface area contributed by atoms with E-state index in [1.54, 1.807) is 0 Å². The number of halogens is 2. The van der Waals surface area contributed by atoms with Gasteiger partial charge < -0.3 is 10.1 Å². The quantitative estimate of drug-likeness (QED) is 0.790. The van der Waals surface area contributed by atoms with E-state index >= 15 is 0 Å². The number of carbonyl (C=O) groups excluding carboxylic acids is 2. The number of esters is 1. The Labute approximate surface area is 148 Å². The summed E-state index contributed by atoms with van der Waals surface area (Å²) in [5.41, 5.74) is -1.15. The lowest BCUT2D eigenvalue weighted by Gasteiger charge is -2.32. The molecule has 5 nitrogen and oxygen atoms in total. The summed E-state index contributed by atoms with van der Waals surface area (Å²) in [5, 5.41) is 12.1. The fourth-order valence-electron chi connectivity index (χ4n) is 2.69. The monoisotopic (exact) mass is 396 g/mol. The molecule has 1 aliphatic carbocycles. The summed E-state index contributed by atoms with van der Waals surface area (Å²) in [5.74, 6) is -2.20. The molecule has 1 saturated carbocycles. The first-order chi connectivity index (χ1) is 11.4. The first-order valence-electron chi connectivity index (χ1n) is 7.76. The van der Waals surface area contributed by atoms with E-state index in [2.05, 4.69) is 27.3 Å². The van der Waals surface area contributed by atoms with Crippen molar-refractivity contribution in [3.63, 3.8) is 0 Å². The minimum absolute atomic E-state index is 0.245. The number of nitriles is 1. The third kappa shape index (κ3) is 4.32. The molecule has 0 aliphatic heterocycles. The topological polar surface area (TPSA) is 79.2 Å². The van der Waals surface area contributed by atoms with E-state index in [0.29, 0.717) is 17.3 Å². The first kappa shape index (κ1) is 18.4. The molecule has 1 atom stereocenters. The molecule has 1 fully saturated rings. The van der Waals surface area contributed by atoms with Crippen molar-refractivity contribution in [2.75, 3.05) is 0 Å². The standard InChI is InChI=1S/C17H18BrFN2O3/c1-11(15(22)21-17(10-20)7-3-2-4-8-17)24-16(23)13-6-5-12(18)9-14(13)19/h5-6,9,11H,2-4,7-8H2,1H3,(H,21,22)/t11-/m0/s1. The summed E-state index contributed by atoms with van der Waals surface area (Å²) < 4.78 is 19.3. The molecule has 128 valence electrons. The number of rotatable bonds is 4. The third-order valence-electron chi connectivity index (χ3n) is 4.09. The van der Waals surface area contributed by atoms with Crippen LogP contribution in [0.15, 0.2) is 22.7 Å². The minimum atomic E-state index is -1.12. The second-order valence-electron chi connectivity index (χ2n) is 5.92. The van der Waals surface area contributed by atoms with Crippen LogP contribution in [-0.4, -0.2) is 23.5 Å². The van der Waals surface area contributed by atoms with Crippen LogP contribution in [0, 0.1) is 17.1 Å². The van der Waals surface area contributed by atoms with Crippen molar-refractivity contribution < 1.29 is 18.7 Å². The highest BCUT2D eigenvalue weighted by atomic mass is 79.9. The van der Waals surface area contributed by atoms with Crippen molar-refractivity contribution in [3.05, 3.63) is 34.1 Å². The van der Waals surface area contributed by atoms with Gasteiger partial charge in [0, 0.05) is 4.47 Å². The van der Waals surface area contributed by atoms with Gasteiger partial charge in [-0.2, -0.15) is 5.26 Å². The lowest BCUT2D eigenvalue weighted by molar-refractivity contribution is -0.130. The number of hydrogen-bond acceptors (Lipinski definition) is 4. The van der Waals surface area contributed by atoms with Crippen LogP contribution in [0.4, 0.5) is 4.39 Å². The van der Waals surface area contributed by atoms with Crippen molar-refractivity contribution in [1.29, 1.82) is 5.26 Å². The lowest BCUT2D eigenvalue weighted by atomic mass is 9.83. The van der Waals surface area contributed by atoms with Crippen LogP contribution in [0.1, 0.15) is 49.4 Å². The zero-order valence-electron chi connectivity index (χ0n) is 13.3. The maximum Gasteiger partial charge on any atom is 0.341 e. The highest BCUT2D eigenvalue weighted by Crippen LogP contribution is 2.27. The fourth-order valence-corrected chi connectivity index (χ4v) is 3.02. The summed E-state index contributed by atoms with van der Waals surface area (Å²) >= 11 is 3.10. The number of benzene rings is 1. The molecule has 1 aromatic rings. The van der Waals surface area contributed by atoms with Crippen molar-refractivity contribution in [3.8, 4) is 6.07 Å². The lowest BCUT2D eigenvalue weighted by Crippen LogP contribution is -2.52. The van der Waals surface area contributed by atoms with Gasteiger partial charge in [-0.1, -0.05) is 35.2 Å². The number of hydrogen-bond donors (Lipinski definition) is 1. The SMILES string of the molecule is C[C@H](OC(=O)c1ccc(Br)cc1F)C(=O)NC1(C#N)CCCCC1. The van der Waals surface area contributed by atoms with E-state index in [1.165, 1.54) is 19.1 Å². The zero-order valence-corrected chi connectivity index (χ0v) is 14.9. The summed E-state index contributed by atoms with van der Waals surface area (Å²) in [4.78, 5) is 24.3. The van der Waals surface area contributed by atoms with Crippen molar-refractivity contribution >= 4 is 27.8 Å². The number of carbonyl (C=O) groups is 2. The van der Waals surface area contributed by atoms with Crippen LogP contribution in [0.25, 0.3) is 0 Å². The Hall–Kier alpha value is -1.94. The van der Waals surface area contributed by atoms with Gasteiger partial charge in [0.25, 0.3) is 5.91 Å². The smallest absolute Gasteiger partial charge is 0.341 e. The maximum atomic E-state index is 13.8. The van der Waals surface area contributed by atoms with E-state index < -0.39 is 29.3 Å². The average molecular weight is 397 g/mol. The minimum Gasteiger partial charge on any atom is -0.449 e. The largest absolute Gasteiger partial charge is 0.449 e. The van der Waals surface area contributed by atoms with E-state index in [4.69, 9.17) is 4.74 Å². The molecule has 0 spiro atoms. The van der Waals surface area contributed by atoms with Crippen LogP contribution in [0.3, 0.4) is 0 Å². The fraction of sp³-hybridized carbons (Fsp3) is 0.471. The van der Waals surface area contributed by atoms with Gasteiger partial charge in [0.05, 0.1) is 11.6 Å². The van der Waals surface area contributed by atoms with E-state index in [0.717, 1.165) is 25.3 Å². The predicted octanol–water partition coefficient (Wildman–Crippen LogP) is 3.48. The van der Waals surface area contributed by atoms with Crippen molar-refractivity contribution in [2.45, 2.75) is 50.7 Å². The molecule has 0 unspecified atom stereocenters. The molecule has 0 aromatic heterocycles. The van der Waals surface area contributed by atoms with Crippen LogP contribution >= 0.6 is 15.9 Å². The van der Waals surface area contributed by atoms with E-state index in [-0.39, 0.29) is 5.56 Å². The third-order valence-corrected chi connectivity index (χ3v) is 4.58. The van der Waals surface area contributed by atoms with Crippen molar-refractivity contribution in [2.24, 2.45) is 0 Å². The van der Waals surface area contributed by atoms with Crippen molar-refractivity contribution in [1.82, 2.24) is 5.32 Å². The normalized spacial score (nSPS) is 17.4. The molecule has 2 rings (SSSR count). The molecule has 0 radical (unpaired) electrons. The van der Waals surface area contributed by atoms with E-state index in [1.807, 2.05) is 0 Å². The van der Waals surface area contributed by atoms with Crippen LogP contribution < -0.4 is 5.32 Å². The van der Waals surface area contributed by atoms with Gasteiger partial charge >= 0.3 is 5.97 Å². The van der Waals surface area contributed by atoms with E-state index in [9.17, 15) is 19.2 Å². The Morgan fingerprint density at radius 1 is 1.38 bits per heavy atom. The van der Waals surface area contributed by atoms with Gasteiger partial charge in [-0.3, -0.25) is 4.79 Å². The summed E-state index contributed by atoms with van der Waals surface area (Å²) in [6.45, 7) is 1.40. The molecule has 1 aliphatic rings. The highest BCUT2D eigenvalue weighted by molar-refractivity contribution is 9.10. The van der Waals surface area contributed by atoms with Gasteiger partial charge in [0.2, 0.25) is 0 Å². The molecule has 1 N–H and O–H groups in total. The molecule has 0 bridgehead atoms.